The van der Waals surface area contributed by atoms with E-state index in [1.165, 1.54) is 13.4 Å². The quantitative estimate of drug-likeness (QED) is 0.379. The molecular formula is C22H22N5O4+. The van der Waals surface area contributed by atoms with Gasteiger partial charge in [0, 0.05) is 17.8 Å². The molecule has 4 aromatic rings. The number of esters is 1. The van der Waals surface area contributed by atoms with Crippen LogP contribution in [-0.2, 0) is 11.8 Å². The van der Waals surface area contributed by atoms with Crippen molar-refractivity contribution in [3.05, 3.63) is 60.6 Å². The Balaban J connectivity index is 1.80. The van der Waals surface area contributed by atoms with Crippen LogP contribution >= 0.6 is 0 Å². The number of rotatable bonds is 6. The number of carbonyl (C=O) groups excluding carboxylic acids is 1. The maximum absolute atomic E-state index is 11.9. The zero-order chi connectivity index (χ0) is 22.0. The van der Waals surface area contributed by atoms with Crippen molar-refractivity contribution >= 4 is 23.1 Å². The number of anilines is 2. The predicted molar refractivity (Wildman–Crippen MR) is 114 cm³/mol. The smallest absolute Gasteiger partial charge is 0.337 e. The van der Waals surface area contributed by atoms with Gasteiger partial charge in [-0.2, -0.15) is 9.67 Å². The number of ether oxygens (including phenoxy) is 3. The Morgan fingerprint density at radius 2 is 1.90 bits per heavy atom. The summed E-state index contributed by atoms with van der Waals surface area (Å²) in [6.45, 7) is 0. The van der Waals surface area contributed by atoms with Gasteiger partial charge in [-0.25, -0.2) is 19.6 Å². The third-order valence-corrected chi connectivity index (χ3v) is 4.94. The number of fused-ring (bicyclic) bond motifs is 1. The molecule has 3 heterocycles. The second kappa shape index (κ2) is 8.31. The maximum Gasteiger partial charge on any atom is 0.337 e. The van der Waals surface area contributed by atoms with Gasteiger partial charge in [0.15, 0.2) is 5.69 Å². The van der Waals surface area contributed by atoms with Crippen LogP contribution in [0.15, 0.2) is 55.0 Å². The zero-order valence-electron chi connectivity index (χ0n) is 17.6. The van der Waals surface area contributed by atoms with E-state index < -0.39 is 0 Å². The van der Waals surface area contributed by atoms with Crippen molar-refractivity contribution in [1.82, 2.24) is 14.6 Å². The van der Waals surface area contributed by atoms with E-state index >= 15 is 0 Å². The highest BCUT2D eigenvalue weighted by Gasteiger charge is 2.20. The molecule has 0 spiro atoms. The molecule has 0 aliphatic carbocycles. The van der Waals surface area contributed by atoms with Gasteiger partial charge in [-0.15, -0.1) is 0 Å². The Bertz CT molecular complexity index is 1270. The van der Waals surface area contributed by atoms with Crippen molar-refractivity contribution in [2.45, 2.75) is 0 Å². The molecule has 4 rings (SSSR count). The van der Waals surface area contributed by atoms with E-state index in [1.54, 1.807) is 30.9 Å². The molecule has 0 unspecified atom stereocenters. The topological polar surface area (TPSA) is 90.9 Å². The maximum atomic E-state index is 11.9. The third kappa shape index (κ3) is 3.73. The molecule has 0 amide bonds. The van der Waals surface area contributed by atoms with Crippen LogP contribution in [0.3, 0.4) is 0 Å². The fourth-order valence-corrected chi connectivity index (χ4v) is 3.39. The molecule has 3 aromatic heterocycles. The third-order valence-electron chi connectivity index (χ3n) is 4.94. The summed E-state index contributed by atoms with van der Waals surface area (Å²) < 4.78 is 19.2. The largest absolute Gasteiger partial charge is 0.490 e. The molecule has 0 bridgehead atoms. The number of aromatic nitrogens is 4. The van der Waals surface area contributed by atoms with Crippen molar-refractivity contribution in [2.24, 2.45) is 7.05 Å². The van der Waals surface area contributed by atoms with Crippen molar-refractivity contribution < 1.29 is 23.6 Å². The fourth-order valence-electron chi connectivity index (χ4n) is 3.39. The van der Waals surface area contributed by atoms with Crippen LogP contribution in [0, 0.1) is 0 Å². The van der Waals surface area contributed by atoms with Crippen LogP contribution in [0.25, 0.3) is 16.8 Å². The fraction of sp³-hybridized carbons (Fsp3) is 0.182. The summed E-state index contributed by atoms with van der Waals surface area (Å²) in [7, 11) is 6.42. The number of methoxy groups -OCH3 is 3. The molecule has 0 aliphatic heterocycles. The van der Waals surface area contributed by atoms with Crippen LogP contribution in [0.2, 0.25) is 0 Å². The minimum Gasteiger partial charge on any atom is -0.490 e. The molecule has 0 radical (unpaired) electrons. The number of nitrogens with one attached hydrogen (secondary N) is 1. The number of carbonyl (C=O) groups is 1. The molecule has 31 heavy (non-hydrogen) atoms. The summed E-state index contributed by atoms with van der Waals surface area (Å²) >= 11 is 0. The van der Waals surface area contributed by atoms with E-state index in [-0.39, 0.29) is 5.97 Å². The number of nitrogens with zero attached hydrogens (tertiary/aromatic N) is 4. The Hall–Kier alpha value is -4.14. The molecule has 9 nitrogen and oxygen atoms in total. The van der Waals surface area contributed by atoms with Crippen molar-refractivity contribution in [2.75, 3.05) is 26.6 Å². The highest BCUT2D eigenvalue weighted by molar-refractivity contribution is 5.91. The molecule has 158 valence electrons. The van der Waals surface area contributed by atoms with Crippen LogP contribution in [-0.4, -0.2) is 41.9 Å². The zero-order valence-corrected chi connectivity index (χ0v) is 17.6. The summed E-state index contributed by atoms with van der Waals surface area (Å²) in [6, 6.07) is 12.9. The molecule has 0 atom stereocenters. The molecule has 9 heteroatoms. The van der Waals surface area contributed by atoms with Crippen molar-refractivity contribution in [1.29, 1.82) is 0 Å². The van der Waals surface area contributed by atoms with Crippen LogP contribution < -0.4 is 19.4 Å². The summed E-state index contributed by atoms with van der Waals surface area (Å²) in [4.78, 5) is 16.3. The molecule has 1 N–H and O–H groups in total. The van der Waals surface area contributed by atoms with Gasteiger partial charge in [0.05, 0.1) is 33.9 Å². The number of hydrogen-bond donors (Lipinski definition) is 1. The lowest BCUT2D eigenvalue weighted by Crippen LogP contribution is -2.34. The summed E-state index contributed by atoms with van der Waals surface area (Å²) in [6.07, 6.45) is 3.35. The minimum atomic E-state index is -0.389. The van der Waals surface area contributed by atoms with Gasteiger partial charge in [0.25, 0.3) is 5.82 Å². The van der Waals surface area contributed by atoms with Gasteiger partial charge in [-0.05, 0) is 29.8 Å². The normalized spacial score (nSPS) is 10.7. The Morgan fingerprint density at radius 3 is 2.65 bits per heavy atom. The second-order valence-electron chi connectivity index (χ2n) is 6.72. The SMILES string of the molecule is COC(=O)c1cccc(-c2cc(Nc3ccc(OC)c(OC)[n+]3C)c3ncnn3c2)c1. The first-order valence-corrected chi connectivity index (χ1v) is 9.46. The van der Waals surface area contributed by atoms with Crippen molar-refractivity contribution in [3.8, 4) is 22.8 Å². The average Bonchev–Trinajstić information content (AvgIpc) is 3.28. The Morgan fingerprint density at radius 1 is 1.06 bits per heavy atom. The molecule has 1 aromatic carbocycles. The lowest BCUT2D eigenvalue weighted by atomic mass is 10.0. The molecule has 0 saturated carbocycles. The number of pyridine rings is 2. The molecule has 0 fully saturated rings. The van der Waals surface area contributed by atoms with Crippen molar-refractivity contribution in [3.63, 3.8) is 0 Å². The van der Waals surface area contributed by atoms with Gasteiger partial charge in [0.2, 0.25) is 11.4 Å². The average molecular weight is 420 g/mol. The monoisotopic (exact) mass is 420 g/mol. The van der Waals surface area contributed by atoms with E-state index in [0.717, 1.165) is 22.6 Å². The van der Waals surface area contributed by atoms with Gasteiger partial charge >= 0.3 is 11.8 Å². The molecular weight excluding hydrogens is 398 g/mol. The van der Waals surface area contributed by atoms with E-state index in [0.29, 0.717) is 22.8 Å². The second-order valence-corrected chi connectivity index (χ2v) is 6.72. The van der Waals surface area contributed by atoms with E-state index in [2.05, 4.69) is 15.4 Å². The molecule has 0 saturated heterocycles. The van der Waals surface area contributed by atoms with Gasteiger partial charge in [-0.1, -0.05) is 12.1 Å². The summed E-state index contributed by atoms with van der Waals surface area (Å²) in [5.74, 6) is 1.57. The predicted octanol–water partition coefficient (Wildman–Crippen LogP) is 2.77. The van der Waals surface area contributed by atoms with E-state index in [1.807, 2.05) is 48.1 Å². The Kier molecular flexibility index (Phi) is 5.40. The van der Waals surface area contributed by atoms with Crippen LogP contribution in [0.4, 0.5) is 11.5 Å². The molecule has 0 aliphatic rings. The lowest BCUT2D eigenvalue weighted by Gasteiger charge is -2.11. The first-order chi connectivity index (χ1) is 15.0. The van der Waals surface area contributed by atoms with E-state index in [4.69, 9.17) is 14.2 Å². The number of benzene rings is 1. The van der Waals surface area contributed by atoms with Crippen LogP contribution in [0.1, 0.15) is 10.4 Å². The van der Waals surface area contributed by atoms with Gasteiger partial charge < -0.3 is 14.2 Å². The summed E-state index contributed by atoms with van der Waals surface area (Å²) in [5.41, 5.74) is 3.57. The number of hydrogen-bond acceptors (Lipinski definition) is 7. The van der Waals surface area contributed by atoms with Gasteiger partial charge in [-0.3, -0.25) is 0 Å². The first-order valence-electron chi connectivity index (χ1n) is 9.46. The lowest BCUT2D eigenvalue weighted by molar-refractivity contribution is -0.662. The van der Waals surface area contributed by atoms with E-state index in [9.17, 15) is 4.79 Å². The first kappa shape index (κ1) is 20.1. The summed E-state index contributed by atoms with van der Waals surface area (Å²) in [5, 5.41) is 7.69. The Labute approximate surface area is 178 Å². The highest BCUT2D eigenvalue weighted by atomic mass is 16.5. The standard InChI is InChI=1S/C22H21N5O4/c1-26-19(9-8-18(29-2)21(26)30-3)25-17-11-16(12-27-20(17)23-13-24-27)14-6-5-7-15(10-14)22(28)31-4/h5-13H,1-4H3/p+1. The van der Waals surface area contributed by atoms with Gasteiger partial charge in [0.1, 0.15) is 6.33 Å². The van der Waals surface area contributed by atoms with Crippen LogP contribution in [0.5, 0.6) is 11.6 Å². The minimum absolute atomic E-state index is 0.389. The highest BCUT2D eigenvalue weighted by Crippen LogP contribution is 2.29.